The Kier molecular flexibility index (Phi) is 4.85. The standard InChI is InChI=1S/C18H17F2NO3S/c19-18(20)25(23,24)14-10-8-13(9-11-14)17(22)21-16-7-3-5-12-4-1-2-6-15(12)16/h1-2,4,6,8-11,16,18H,3,5,7H2,(H,21,22)/t16-/m1/s1. The minimum atomic E-state index is -4.65. The Balaban J connectivity index is 1.77. The van der Waals surface area contributed by atoms with Gasteiger partial charge in [-0.1, -0.05) is 24.3 Å². The van der Waals surface area contributed by atoms with E-state index in [-0.39, 0.29) is 17.5 Å². The lowest BCUT2D eigenvalue weighted by Gasteiger charge is -2.26. The van der Waals surface area contributed by atoms with E-state index in [0.717, 1.165) is 37.0 Å². The number of carbonyl (C=O) groups is 1. The van der Waals surface area contributed by atoms with E-state index in [0.29, 0.717) is 0 Å². The van der Waals surface area contributed by atoms with Gasteiger partial charge in [-0.3, -0.25) is 4.79 Å². The molecule has 0 saturated heterocycles. The van der Waals surface area contributed by atoms with Gasteiger partial charge >= 0.3 is 5.76 Å². The van der Waals surface area contributed by atoms with Crippen LogP contribution in [0.2, 0.25) is 0 Å². The number of sulfone groups is 1. The van der Waals surface area contributed by atoms with E-state index in [4.69, 9.17) is 0 Å². The average molecular weight is 365 g/mol. The van der Waals surface area contributed by atoms with Crippen molar-refractivity contribution >= 4 is 15.7 Å². The minimum absolute atomic E-state index is 0.109. The Bertz CT molecular complexity index is 879. The molecule has 0 fully saturated rings. The summed E-state index contributed by atoms with van der Waals surface area (Å²) in [6.45, 7) is 0. The van der Waals surface area contributed by atoms with Crippen molar-refractivity contribution in [2.24, 2.45) is 0 Å². The Morgan fingerprint density at radius 1 is 1.08 bits per heavy atom. The van der Waals surface area contributed by atoms with E-state index in [1.165, 1.54) is 17.7 Å². The molecule has 0 spiro atoms. The zero-order chi connectivity index (χ0) is 18.0. The number of alkyl halides is 2. The van der Waals surface area contributed by atoms with Crippen LogP contribution in [-0.2, 0) is 16.3 Å². The summed E-state index contributed by atoms with van der Waals surface area (Å²) in [5, 5.41) is 2.94. The van der Waals surface area contributed by atoms with Crippen molar-refractivity contribution in [3.63, 3.8) is 0 Å². The van der Waals surface area contributed by atoms with Gasteiger partial charge in [-0.2, -0.15) is 8.78 Å². The molecular formula is C18H17F2NO3S. The van der Waals surface area contributed by atoms with E-state index >= 15 is 0 Å². The van der Waals surface area contributed by atoms with Crippen molar-refractivity contribution in [2.75, 3.05) is 0 Å². The number of carbonyl (C=O) groups excluding carboxylic acids is 1. The molecule has 1 amide bonds. The van der Waals surface area contributed by atoms with Crippen LogP contribution in [-0.4, -0.2) is 20.1 Å². The molecule has 2 aromatic rings. The van der Waals surface area contributed by atoms with Gasteiger partial charge in [0.1, 0.15) is 0 Å². The molecule has 0 heterocycles. The van der Waals surface area contributed by atoms with E-state index in [9.17, 15) is 22.0 Å². The van der Waals surface area contributed by atoms with Crippen LogP contribution < -0.4 is 5.32 Å². The third-order valence-corrected chi connectivity index (χ3v) is 5.75. The Morgan fingerprint density at radius 2 is 1.76 bits per heavy atom. The fourth-order valence-electron chi connectivity index (χ4n) is 3.04. The third-order valence-electron chi connectivity index (χ3n) is 4.35. The fraction of sp³-hybridized carbons (Fsp3) is 0.278. The van der Waals surface area contributed by atoms with Crippen LogP contribution in [0.1, 0.15) is 40.4 Å². The van der Waals surface area contributed by atoms with E-state index in [2.05, 4.69) is 5.32 Å². The molecule has 0 aromatic heterocycles. The second kappa shape index (κ2) is 6.92. The lowest BCUT2D eigenvalue weighted by Crippen LogP contribution is -2.31. The zero-order valence-electron chi connectivity index (χ0n) is 13.3. The maximum absolute atomic E-state index is 12.5. The van der Waals surface area contributed by atoms with Crippen molar-refractivity contribution in [1.82, 2.24) is 5.32 Å². The normalized spacial score (nSPS) is 17.2. The van der Waals surface area contributed by atoms with Crippen molar-refractivity contribution in [2.45, 2.75) is 36.0 Å². The summed E-state index contributed by atoms with van der Waals surface area (Å²) in [6, 6.07) is 12.4. The van der Waals surface area contributed by atoms with Crippen LogP contribution in [0.3, 0.4) is 0 Å². The monoisotopic (exact) mass is 365 g/mol. The largest absolute Gasteiger partial charge is 0.345 e. The first-order chi connectivity index (χ1) is 11.9. The van der Waals surface area contributed by atoms with Gasteiger partial charge in [-0.15, -0.1) is 0 Å². The van der Waals surface area contributed by atoms with Crippen LogP contribution >= 0.6 is 0 Å². The molecule has 1 N–H and O–H groups in total. The van der Waals surface area contributed by atoms with Gasteiger partial charge in [-0.05, 0) is 54.7 Å². The van der Waals surface area contributed by atoms with Crippen molar-refractivity contribution in [3.05, 3.63) is 65.2 Å². The second-order valence-electron chi connectivity index (χ2n) is 5.95. The molecule has 4 nitrogen and oxygen atoms in total. The van der Waals surface area contributed by atoms with Gasteiger partial charge in [0.05, 0.1) is 10.9 Å². The smallest absolute Gasteiger partial charge is 0.341 e. The number of hydrogen-bond acceptors (Lipinski definition) is 3. The Labute approximate surface area is 144 Å². The molecule has 2 aromatic carbocycles. The third kappa shape index (κ3) is 3.56. The van der Waals surface area contributed by atoms with Gasteiger partial charge in [0.25, 0.3) is 5.91 Å². The molecule has 1 aliphatic rings. The molecule has 1 aliphatic carbocycles. The van der Waals surface area contributed by atoms with Gasteiger partial charge < -0.3 is 5.32 Å². The van der Waals surface area contributed by atoms with Gasteiger partial charge in [-0.25, -0.2) is 8.42 Å². The lowest BCUT2D eigenvalue weighted by molar-refractivity contribution is 0.0932. The number of benzene rings is 2. The topological polar surface area (TPSA) is 63.2 Å². The molecule has 0 saturated carbocycles. The maximum Gasteiger partial charge on any atom is 0.341 e. The summed E-state index contributed by atoms with van der Waals surface area (Å²) < 4.78 is 47.9. The highest BCUT2D eigenvalue weighted by Gasteiger charge is 2.27. The minimum Gasteiger partial charge on any atom is -0.345 e. The molecule has 1 atom stereocenters. The fourth-order valence-corrected chi connectivity index (χ4v) is 3.77. The summed E-state index contributed by atoms with van der Waals surface area (Å²) in [5.41, 5.74) is 2.52. The molecule has 3 rings (SSSR count). The second-order valence-corrected chi connectivity index (χ2v) is 7.86. The highest BCUT2D eigenvalue weighted by molar-refractivity contribution is 7.91. The van der Waals surface area contributed by atoms with Crippen molar-refractivity contribution < 1.29 is 22.0 Å². The summed E-state index contributed by atoms with van der Waals surface area (Å²) >= 11 is 0. The van der Waals surface area contributed by atoms with Crippen molar-refractivity contribution in [1.29, 1.82) is 0 Å². The molecular weight excluding hydrogens is 348 g/mol. The van der Waals surface area contributed by atoms with Crippen LogP contribution in [0, 0.1) is 0 Å². The number of fused-ring (bicyclic) bond motifs is 1. The summed E-state index contributed by atoms with van der Waals surface area (Å²) in [7, 11) is -4.65. The number of rotatable bonds is 4. The highest BCUT2D eigenvalue weighted by Crippen LogP contribution is 2.29. The average Bonchev–Trinajstić information content (AvgIpc) is 2.62. The molecule has 7 heteroatoms. The lowest BCUT2D eigenvalue weighted by atomic mass is 9.87. The molecule has 25 heavy (non-hydrogen) atoms. The Hall–Kier alpha value is -2.28. The van der Waals surface area contributed by atoms with Gasteiger partial charge in [0.2, 0.25) is 9.84 Å². The molecule has 0 radical (unpaired) electrons. The molecule has 0 aliphatic heterocycles. The first-order valence-corrected chi connectivity index (χ1v) is 9.45. The van der Waals surface area contributed by atoms with Gasteiger partial charge in [0, 0.05) is 5.56 Å². The number of aryl methyl sites for hydroxylation is 1. The van der Waals surface area contributed by atoms with Crippen LogP contribution in [0.4, 0.5) is 8.78 Å². The predicted octanol–water partition coefficient (Wildman–Crippen LogP) is 3.49. The molecule has 132 valence electrons. The number of nitrogens with one attached hydrogen (secondary N) is 1. The quantitative estimate of drug-likeness (QED) is 0.902. The first-order valence-electron chi connectivity index (χ1n) is 7.90. The molecule has 0 bridgehead atoms. The van der Waals surface area contributed by atoms with E-state index in [1.807, 2.05) is 24.3 Å². The van der Waals surface area contributed by atoms with E-state index < -0.39 is 20.5 Å². The predicted molar refractivity (Wildman–Crippen MR) is 89.2 cm³/mol. The highest BCUT2D eigenvalue weighted by atomic mass is 32.2. The maximum atomic E-state index is 12.5. The zero-order valence-corrected chi connectivity index (χ0v) is 14.1. The Morgan fingerprint density at radius 3 is 2.44 bits per heavy atom. The SMILES string of the molecule is O=C(N[C@@H]1CCCc2ccccc21)c1ccc(S(=O)(=O)C(F)F)cc1. The number of halogens is 2. The van der Waals surface area contributed by atoms with Crippen molar-refractivity contribution in [3.8, 4) is 0 Å². The van der Waals surface area contributed by atoms with Crippen LogP contribution in [0.5, 0.6) is 0 Å². The van der Waals surface area contributed by atoms with Crippen LogP contribution in [0.25, 0.3) is 0 Å². The number of amides is 1. The van der Waals surface area contributed by atoms with E-state index in [1.54, 1.807) is 0 Å². The number of hydrogen-bond donors (Lipinski definition) is 1. The molecule has 0 unspecified atom stereocenters. The summed E-state index contributed by atoms with van der Waals surface area (Å²) in [4.78, 5) is 11.9. The van der Waals surface area contributed by atoms with Crippen LogP contribution in [0.15, 0.2) is 53.4 Å². The first kappa shape index (κ1) is 17.5. The summed E-state index contributed by atoms with van der Waals surface area (Å²) in [6.07, 6.45) is 2.76. The summed E-state index contributed by atoms with van der Waals surface area (Å²) in [5.74, 6) is -3.84. The van der Waals surface area contributed by atoms with Gasteiger partial charge in [0.15, 0.2) is 0 Å².